The number of nitro groups is 1. The highest BCUT2D eigenvalue weighted by Crippen LogP contribution is 2.20. The van der Waals surface area contributed by atoms with Crippen LogP contribution in [-0.2, 0) is 10.0 Å². The average molecular weight is 319 g/mol. The third kappa shape index (κ3) is 5.37. The molecule has 0 aliphatic carbocycles. The van der Waals surface area contributed by atoms with Crippen molar-refractivity contribution in [3.8, 4) is 0 Å². The van der Waals surface area contributed by atoms with E-state index in [1.807, 2.05) is 13.8 Å². The standard InChI is InChI=1S/C12H18FN3O4S/c1-9(2)14-6-3-7-15-21(19,20)12-8-10(16(17)18)4-5-11(12)13/h4-5,8-9,14-15H,3,6-7H2,1-2H3. The van der Waals surface area contributed by atoms with Crippen LogP contribution in [0.5, 0.6) is 0 Å². The number of rotatable bonds is 8. The molecular formula is C12H18FN3O4S. The fraction of sp³-hybridized carbons (Fsp3) is 0.500. The number of halogens is 1. The summed E-state index contributed by atoms with van der Waals surface area (Å²) >= 11 is 0. The minimum Gasteiger partial charge on any atom is -0.314 e. The Kier molecular flexibility index (Phi) is 6.19. The zero-order valence-corrected chi connectivity index (χ0v) is 12.6. The lowest BCUT2D eigenvalue weighted by Gasteiger charge is -2.09. The van der Waals surface area contributed by atoms with Gasteiger partial charge >= 0.3 is 0 Å². The van der Waals surface area contributed by atoms with E-state index in [0.29, 0.717) is 19.0 Å². The van der Waals surface area contributed by atoms with Gasteiger partial charge in [0.25, 0.3) is 5.69 Å². The third-order valence-corrected chi connectivity index (χ3v) is 4.09. The van der Waals surface area contributed by atoms with Gasteiger partial charge < -0.3 is 5.32 Å². The second-order valence-electron chi connectivity index (χ2n) is 4.73. The number of nitrogens with one attached hydrogen (secondary N) is 2. The maximum atomic E-state index is 13.6. The van der Waals surface area contributed by atoms with Crippen LogP contribution in [0, 0.1) is 15.9 Å². The molecule has 0 saturated heterocycles. The number of hydrogen-bond donors (Lipinski definition) is 2. The molecular weight excluding hydrogens is 301 g/mol. The van der Waals surface area contributed by atoms with Crippen LogP contribution < -0.4 is 10.0 Å². The van der Waals surface area contributed by atoms with Gasteiger partial charge in [0, 0.05) is 24.7 Å². The van der Waals surface area contributed by atoms with E-state index in [4.69, 9.17) is 0 Å². The Balaban J connectivity index is 2.74. The monoisotopic (exact) mass is 319 g/mol. The molecule has 0 amide bonds. The molecule has 0 saturated carbocycles. The van der Waals surface area contributed by atoms with Gasteiger partial charge in [-0.15, -0.1) is 0 Å². The molecule has 9 heteroatoms. The van der Waals surface area contributed by atoms with Gasteiger partial charge in [-0.2, -0.15) is 0 Å². The molecule has 118 valence electrons. The Morgan fingerprint density at radius 2 is 2.00 bits per heavy atom. The third-order valence-electron chi connectivity index (χ3n) is 2.61. The van der Waals surface area contributed by atoms with E-state index in [0.717, 1.165) is 12.1 Å². The summed E-state index contributed by atoms with van der Waals surface area (Å²) in [6.45, 7) is 4.65. The maximum Gasteiger partial charge on any atom is 0.270 e. The minimum atomic E-state index is -4.10. The van der Waals surface area contributed by atoms with E-state index in [1.54, 1.807) is 0 Å². The van der Waals surface area contributed by atoms with E-state index in [-0.39, 0.29) is 12.6 Å². The molecule has 0 aromatic heterocycles. The van der Waals surface area contributed by atoms with Gasteiger partial charge in [-0.3, -0.25) is 10.1 Å². The molecule has 1 aromatic carbocycles. The SMILES string of the molecule is CC(C)NCCCNS(=O)(=O)c1cc([N+](=O)[O-])ccc1F. The lowest BCUT2D eigenvalue weighted by Crippen LogP contribution is -2.30. The van der Waals surface area contributed by atoms with Crippen molar-refractivity contribution in [1.82, 2.24) is 10.0 Å². The summed E-state index contributed by atoms with van der Waals surface area (Å²) in [7, 11) is -4.10. The molecule has 21 heavy (non-hydrogen) atoms. The molecule has 0 heterocycles. The van der Waals surface area contributed by atoms with E-state index in [9.17, 15) is 22.9 Å². The van der Waals surface area contributed by atoms with Crippen LogP contribution in [0.15, 0.2) is 23.1 Å². The number of non-ortho nitro benzene ring substituents is 1. The van der Waals surface area contributed by atoms with Gasteiger partial charge in [-0.1, -0.05) is 13.8 Å². The maximum absolute atomic E-state index is 13.6. The van der Waals surface area contributed by atoms with Crippen molar-refractivity contribution in [2.45, 2.75) is 31.2 Å². The Labute approximate surface area is 122 Å². The molecule has 1 aromatic rings. The summed E-state index contributed by atoms with van der Waals surface area (Å²) in [5.74, 6) is -1.02. The molecule has 0 unspecified atom stereocenters. The van der Waals surface area contributed by atoms with Gasteiger partial charge in [0.2, 0.25) is 10.0 Å². The Morgan fingerprint density at radius 1 is 1.33 bits per heavy atom. The number of benzene rings is 1. The van der Waals surface area contributed by atoms with Gasteiger partial charge in [-0.05, 0) is 19.0 Å². The Bertz CT molecular complexity index is 605. The molecule has 0 fully saturated rings. The summed E-state index contributed by atoms with van der Waals surface area (Å²) in [4.78, 5) is 9.13. The second-order valence-corrected chi connectivity index (χ2v) is 6.47. The molecule has 0 radical (unpaired) electrons. The van der Waals surface area contributed by atoms with Crippen molar-refractivity contribution in [1.29, 1.82) is 0 Å². The molecule has 0 aliphatic heterocycles. The molecule has 2 N–H and O–H groups in total. The van der Waals surface area contributed by atoms with Crippen molar-refractivity contribution < 1.29 is 17.7 Å². The highest BCUT2D eigenvalue weighted by atomic mass is 32.2. The number of nitro benzene ring substituents is 1. The molecule has 0 bridgehead atoms. The van der Waals surface area contributed by atoms with Crippen molar-refractivity contribution >= 4 is 15.7 Å². The average Bonchev–Trinajstić information content (AvgIpc) is 2.37. The van der Waals surface area contributed by atoms with E-state index in [2.05, 4.69) is 10.0 Å². The zero-order chi connectivity index (χ0) is 16.0. The lowest BCUT2D eigenvalue weighted by atomic mass is 10.3. The fourth-order valence-electron chi connectivity index (χ4n) is 1.57. The summed E-state index contributed by atoms with van der Waals surface area (Å²) < 4.78 is 39.6. The minimum absolute atomic E-state index is 0.115. The summed E-state index contributed by atoms with van der Waals surface area (Å²) in [6.07, 6.45) is 0.522. The lowest BCUT2D eigenvalue weighted by molar-refractivity contribution is -0.385. The van der Waals surface area contributed by atoms with Gasteiger partial charge in [0.05, 0.1) is 4.92 Å². The van der Waals surface area contributed by atoms with E-state index in [1.165, 1.54) is 0 Å². The van der Waals surface area contributed by atoms with Crippen molar-refractivity contribution in [3.05, 3.63) is 34.1 Å². The van der Waals surface area contributed by atoms with Crippen LogP contribution in [0.2, 0.25) is 0 Å². The van der Waals surface area contributed by atoms with Crippen LogP contribution in [-0.4, -0.2) is 32.5 Å². The van der Waals surface area contributed by atoms with E-state index >= 15 is 0 Å². The predicted octanol–water partition coefficient (Wildman–Crippen LogP) is 1.40. The van der Waals surface area contributed by atoms with Crippen LogP contribution >= 0.6 is 0 Å². The first-order valence-electron chi connectivity index (χ1n) is 6.41. The van der Waals surface area contributed by atoms with Crippen LogP contribution in [0.25, 0.3) is 0 Å². The highest BCUT2D eigenvalue weighted by Gasteiger charge is 2.22. The van der Waals surface area contributed by atoms with Crippen molar-refractivity contribution in [3.63, 3.8) is 0 Å². The van der Waals surface area contributed by atoms with Crippen LogP contribution in [0.1, 0.15) is 20.3 Å². The smallest absolute Gasteiger partial charge is 0.270 e. The quantitative estimate of drug-likeness (QED) is 0.428. The normalized spacial score (nSPS) is 11.8. The van der Waals surface area contributed by atoms with E-state index < -0.39 is 31.3 Å². The molecule has 0 aliphatic rings. The van der Waals surface area contributed by atoms with Crippen molar-refractivity contribution in [2.75, 3.05) is 13.1 Å². The van der Waals surface area contributed by atoms with Gasteiger partial charge in [-0.25, -0.2) is 17.5 Å². The van der Waals surface area contributed by atoms with Crippen LogP contribution in [0.4, 0.5) is 10.1 Å². The first-order valence-corrected chi connectivity index (χ1v) is 7.89. The van der Waals surface area contributed by atoms with Crippen molar-refractivity contribution in [2.24, 2.45) is 0 Å². The highest BCUT2D eigenvalue weighted by molar-refractivity contribution is 7.89. The molecule has 0 atom stereocenters. The molecule has 1 rings (SSSR count). The number of sulfonamides is 1. The summed E-state index contributed by atoms with van der Waals surface area (Å²) in [5.41, 5.74) is -0.474. The first kappa shape index (κ1) is 17.5. The number of hydrogen-bond acceptors (Lipinski definition) is 5. The Hall–Kier alpha value is -1.58. The second kappa shape index (κ2) is 7.43. The molecule has 7 nitrogen and oxygen atoms in total. The topological polar surface area (TPSA) is 101 Å². The number of nitrogens with zero attached hydrogens (tertiary/aromatic N) is 1. The Morgan fingerprint density at radius 3 is 2.57 bits per heavy atom. The summed E-state index contributed by atoms with van der Waals surface area (Å²) in [6, 6.07) is 2.69. The van der Waals surface area contributed by atoms with Crippen LogP contribution in [0.3, 0.4) is 0 Å². The van der Waals surface area contributed by atoms with Gasteiger partial charge in [0.1, 0.15) is 10.7 Å². The van der Waals surface area contributed by atoms with Gasteiger partial charge in [0.15, 0.2) is 0 Å². The molecule has 0 spiro atoms. The zero-order valence-electron chi connectivity index (χ0n) is 11.8. The summed E-state index contributed by atoms with van der Waals surface area (Å²) in [5, 5.41) is 13.7. The fourth-order valence-corrected chi connectivity index (χ4v) is 2.74. The largest absolute Gasteiger partial charge is 0.314 e. The first-order chi connectivity index (χ1) is 9.74. The predicted molar refractivity (Wildman–Crippen MR) is 76.0 cm³/mol.